The molecular formula is C38H37Cl2N3O6S. The van der Waals surface area contributed by atoms with Gasteiger partial charge >= 0.3 is 5.97 Å². The van der Waals surface area contributed by atoms with Gasteiger partial charge in [-0.05, 0) is 56.2 Å². The molecule has 0 amide bonds. The van der Waals surface area contributed by atoms with E-state index in [9.17, 15) is 9.59 Å². The molecule has 260 valence electrons. The molecule has 1 aliphatic heterocycles. The van der Waals surface area contributed by atoms with Gasteiger partial charge in [0.1, 0.15) is 12.6 Å². The molecule has 0 spiro atoms. The Labute approximate surface area is 303 Å². The van der Waals surface area contributed by atoms with Crippen LogP contribution < -0.4 is 24.4 Å². The van der Waals surface area contributed by atoms with Crippen molar-refractivity contribution in [2.24, 2.45) is 4.99 Å². The van der Waals surface area contributed by atoms with Crippen molar-refractivity contribution in [2.45, 2.75) is 39.8 Å². The zero-order valence-corrected chi connectivity index (χ0v) is 30.7. The summed E-state index contributed by atoms with van der Waals surface area (Å²) in [6.45, 7) is 7.04. The molecule has 5 aromatic rings. The molecule has 0 saturated heterocycles. The van der Waals surface area contributed by atoms with Gasteiger partial charge in [0.15, 0.2) is 16.3 Å². The molecule has 3 heterocycles. The summed E-state index contributed by atoms with van der Waals surface area (Å²) in [4.78, 5) is 33.6. The topological polar surface area (TPSA) is 93.3 Å². The number of esters is 1. The van der Waals surface area contributed by atoms with Gasteiger partial charge in [0, 0.05) is 41.4 Å². The van der Waals surface area contributed by atoms with E-state index in [1.807, 2.05) is 62.4 Å². The number of thiazole rings is 1. The monoisotopic (exact) mass is 733 g/mol. The second-order valence-electron chi connectivity index (χ2n) is 11.8. The van der Waals surface area contributed by atoms with Gasteiger partial charge in [0.05, 0.1) is 46.2 Å². The molecule has 9 nitrogen and oxygen atoms in total. The lowest BCUT2D eigenvalue weighted by molar-refractivity contribution is -0.140. The fraction of sp³-hybridized carbons (Fsp3) is 0.289. The fourth-order valence-electron chi connectivity index (χ4n) is 6.24. The van der Waals surface area contributed by atoms with E-state index in [2.05, 4.69) is 10.6 Å². The van der Waals surface area contributed by atoms with Crippen LogP contribution in [0.2, 0.25) is 10.0 Å². The minimum absolute atomic E-state index is 0.0477. The third-order valence-corrected chi connectivity index (χ3v) is 10.3. The summed E-state index contributed by atoms with van der Waals surface area (Å²) < 4.78 is 26.9. The molecule has 12 heteroatoms. The Hall–Kier alpha value is -4.35. The van der Waals surface area contributed by atoms with Crippen molar-refractivity contribution in [1.82, 2.24) is 9.13 Å². The number of carbonyl (C=O) groups is 1. The van der Waals surface area contributed by atoms with E-state index in [1.54, 1.807) is 30.7 Å². The van der Waals surface area contributed by atoms with Gasteiger partial charge in [0.2, 0.25) is 0 Å². The maximum absolute atomic E-state index is 14.6. The number of fused-ring (bicyclic) bond motifs is 2. The summed E-state index contributed by atoms with van der Waals surface area (Å²) >= 11 is 13.8. The largest absolute Gasteiger partial charge is 0.493 e. The summed E-state index contributed by atoms with van der Waals surface area (Å²) in [6.07, 6.45) is 2.67. The van der Waals surface area contributed by atoms with Crippen molar-refractivity contribution in [3.05, 3.63) is 124 Å². The van der Waals surface area contributed by atoms with Gasteiger partial charge in [-0.2, -0.15) is 0 Å². The van der Waals surface area contributed by atoms with Gasteiger partial charge in [-0.25, -0.2) is 9.79 Å². The number of para-hydroxylation sites is 2. The number of allylic oxidation sites excluding steroid dienone is 1. The predicted molar refractivity (Wildman–Crippen MR) is 198 cm³/mol. The Kier molecular flexibility index (Phi) is 10.8. The molecule has 0 aliphatic carbocycles. The van der Waals surface area contributed by atoms with Gasteiger partial charge < -0.3 is 23.5 Å². The Morgan fingerprint density at radius 2 is 1.80 bits per heavy atom. The molecular weight excluding hydrogens is 697 g/mol. The number of hydrogen-bond donors (Lipinski definition) is 0. The summed E-state index contributed by atoms with van der Waals surface area (Å²) in [6, 6.07) is 18.3. The first-order valence-corrected chi connectivity index (χ1v) is 17.8. The number of methoxy groups -OCH3 is 2. The van der Waals surface area contributed by atoms with Crippen LogP contribution in [0.15, 0.2) is 81.7 Å². The van der Waals surface area contributed by atoms with E-state index in [0.717, 1.165) is 34.1 Å². The minimum Gasteiger partial charge on any atom is -0.493 e. The molecule has 1 atom stereocenters. The normalized spacial score (nSPS) is 14.5. The summed E-state index contributed by atoms with van der Waals surface area (Å²) in [5.41, 5.74) is 4.87. The first-order valence-electron chi connectivity index (χ1n) is 16.2. The maximum Gasteiger partial charge on any atom is 0.338 e. The highest BCUT2D eigenvalue weighted by Crippen LogP contribution is 2.41. The van der Waals surface area contributed by atoms with Crippen LogP contribution in [0.25, 0.3) is 17.0 Å². The van der Waals surface area contributed by atoms with Crippen molar-refractivity contribution in [1.29, 1.82) is 0 Å². The third-order valence-electron chi connectivity index (χ3n) is 8.62. The van der Waals surface area contributed by atoms with Gasteiger partial charge in [0.25, 0.3) is 5.56 Å². The van der Waals surface area contributed by atoms with Gasteiger partial charge in [-0.15, -0.1) is 0 Å². The molecule has 0 N–H and O–H groups in total. The SMILES string of the molecule is CCCOc1c(OC)cccc1[C@H]1C(C(=O)OCCOC)=C(C)N=c2s/c(=C/c3c(C)n(Cc4ccc(Cl)c(Cl)c4)c4ccccc34)c(=O)n21. The molecule has 3 aromatic carbocycles. The summed E-state index contributed by atoms with van der Waals surface area (Å²) in [7, 11) is 3.09. The number of benzene rings is 3. The van der Waals surface area contributed by atoms with E-state index < -0.39 is 12.0 Å². The van der Waals surface area contributed by atoms with Crippen LogP contribution in [0.4, 0.5) is 0 Å². The van der Waals surface area contributed by atoms with Crippen LogP contribution in [0.5, 0.6) is 11.5 Å². The van der Waals surface area contributed by atoms with Crippen LogP contribution in [0.1, 0.15) is 48.7 Å². The van der Waals surface area contributed by atoms with Crippen molar-refractivity contribution >= 4 is 57.5 Å². The lowest BCUT2D eigenvalue weighted by Gasteiger charge is -2.27. The van der Waals surface area contributed by atoms with Crippen LogP contribution in [0.3, 0.4) is 0 Å². The number of aromatic nitrogens is 2. The van der Waals surface area contributed by atoms with E-state index in [0.29, 0.717) is 55.3 Å². The lowest BCUT2D eigenvalue weighted by atomic mass is 9.94. The first kappa shape index (κ1) is 35.5. The molecule has 0 unspecified atom stereocenters. The van der Waals surface area contributed by atoms with Crippen molar-refractivity contribution in [2.75, 3.05) is 34.0 Å². The van der Waals surface area contributed by atoms with E-state index >= 15 is 0 Å². The highest BCUT2D eigenvalue weighted by molar-refractivity contribution is 7.07. The predicted octanol–water partition coefficient (Wildman–Crippen LogP) is 6.84. The quantitative estimate of drug-likeness (QED) is 0.103. The fourth-order valence-corrected chi connectivity index (χ4v) is 7.58. The molecule has 0 saturated carbocycles. The van der Waals surface area contributed by atoms with Crippen LogP contribution in [-0.2, 0) is 20.8 Å². The Balaban J connectivity index is 1.55. The zero-order chi connectivity index (χ0) is 35.5. The van der Waals surface area contributed by atoms with Crippen LogP contribution >= 0.6 is 34.5 Å². The second-order valence-corrected chi connectivity index (χ2v) is 13.6. The molecule has 2 aromatic heterocycles. The van der Waals surface area contributed by atoms with Crippen molar-refractivity contribution < 1.29 is 23.7 Å². The zero-order valence-electron chi connectivity index (χ0n) is 28.4. The van der Waals surface area contributed by atoms with E-state index in [-0.39, 0.29) is 24.3 Å². The van der Waals surface area contributed by atoms with Crippen LogP contribution in [0, 0.1) is 6.92 Å². The smallest absolute Gasteiger partial charge is 0.338 e. The Bertz CT molecular complexity index is 2310. The van der Waals surface area contributed by atoms with Gasteiger partial charge in [-0.1, -0.05) is 77.9 Å². The Morgan fingerprint density at radius 3 is 2.54 bits per heavy atom. The van der Waals surface area contributed by atoms with Crippen molar-refractivity contribution in [3.63, 3.8) is 0 Å². The molecule has 1 aliphatic rings. The second kappa shape index (κ2) is 15.3. The number of halogens is 2. The molecule has 0 bridgehead atoms. The summed E-state index contributed by atoms with van der Waals surface area (Å²) in [5.74, 6) is 0.354. The van der Waals surface area contributed by atoms with Gasteiger partial charge in [-0.3, -0.25) is 9.36 Å². The average molecular weight is 735 g/mol. The molecule has 0 fully saturated rings. The number of rotatable bonds is 12. The van der Waals surface area contributed by atoms with Crippen molar-refractivity contribution in [3.8, 4) is 11.5 Å². The highest BCUT2D eigenvalue weighted by Gasteiger charge is 2.36. The van der Waals surface area contributed by atoms with Crippen LogP contribution in [-0.4, -0.2) is 49.1 Å². The third kappa shape index (κ3) is 6.73. The molecule has 50 heavy (non-hydrogen) atoms. The Morgan fingerprint density at radius 1 is 1.00 bits per heavy atom. The standard InChI is InChI=1S/C38H37Cl2N3O6S/c1-6-16-48-35-26(11-9-13-31(35)47-5)34-33(37(45)49-18-17-46-4)22(2)41-38-43(34)36(44)32(50-38)20-27-23(3)42(30-12-8-7-10-25(27)30)21-24-14-15-28(39)29(40)19-24/h7-15,19-20,34H,6,16-18,21H2,1-5H3/b32-20+/t34-/m0/s1. The number of carbonyl (C=O) groups excluding carboxylic acids is 1. The number of hydrogen-bond acceptors (Lipinski definition) is 8. The first-order chi connectivity index (χ1) is 24.2. The van der Waals surface area contributed by atoms with E-state index in [1.165, 1.54) is 18.4 Å². The van der Waals surface area contributed by atoms with E-state index in [4.69, 9.17) is 47.1 Å². The average Bonchev–Trinajstić information content (AvgIpc) is 3.56. The summed E-state index contributed by atoms with van der Waals surface area (Å²) in [5, 5.41) is 1.98. The number of ether oxygens (including phenoxy) is 4. The molecule has 6 rings (SSSR count). The minimum atomic E-state index is -0.887. The highest BCUT2D eigenvalue weighted by atomic mass is 35.5. The lowest BCUT2D eigenvalue weighted by Crippen LogP contribution is -2.40. The molecule has 0 radical (unpaired) electrons. The number of nitrogens with zero attached hydrogens (tertiary/aromatic N) is 3. The maximum atomic E-state index is 14.6.